The van der Waals surface area contributed by atoms with E-state index in [2.05, 4.69) is 173 Å². The number of nitrogens with zero attached hydrogens (tertiary/aromatic N) is 3. The van der Waals surface area contributed by atoms with Crippen LogP contribution in [0.3, 0.4) is 0 Å². The van der Waals surface area contributed by atoms with Gasteiger partial charge in [-0.1, -0.05) is 133 Å². The molecule has 0 radical (unpaired) electrons. The molecule has 2 aromatic heterocycles. The first-order valence-electron chi connectivity index (χ1n) is 16.7. The van der Waals surface area contributed by atoms with E-state index in [9.17, 15) is 0 Å². The number of fused-ring (bicyclic) bond motifs is 8. The fourth-order valence-corrected chi connectivity index (χ4v) is 12.8. The third-order valence-electron chi connectivity index (χ3n) is 10.2. The van der Waals surface area contributed by atoms with Gasteiger partial charge in [0.05, 0.1) is 27.8 Å². The molecular weight excluding hydrogens is 615 g/mol. The lowest BCUT2D eigenvalue weighted by Gasteiger charge is -2.34. The van der Waals surface area contributed by atoms with E-state index in [1.165, 1.54) is 42.6 Å². The Morgan fingerprint density at radius 1 is 0.469 bits per heavy atom. The van der Waals surface area contributed by atoms with Crippen molar-refractivity contribution < 1.29 is 4.74 Å². The molecule has 0 amide bonds. The van der Waals surface area contributed by atoms with Crippen molar-refractivity contribution >= 4 is 61.7 Å². The minimum atomic E-state index is -2.68. The first kappa shape index (κ1) is 27.9. The molecule has 3 heterocycles. The zero-order valence-corrected chi connectivity index (χ0v) is 27.7. The quantitative estimate of drug-likeness (QED) is 0.144. The molecule has 1 aliphatic rings. The van der Waals surface area contributed by atoms with Crippen LogP contribution >= 0.6 is 0 Å². The van der Waals surface area contributed by atoms with Crippen LogP contribution in [0.5, 0.6) is 5.75 Å². The zero-order valence-electron chi connectivity index (χ0n) is 26.7. The topological polar surface area (TPSA) is 32.0 Å². The van der Waals surface area contributed by atoms with Crippen molar-refractivity contribution in [1.29, 1.82) is 0 Å². The largest absolute Gasteiger partial charge is 0.483 e. The monoisotopic (exact) mass is 645 g/mol. The minimum absolute atomic E-state index is 0.453. The maximum Gasteiger partial charge on any atom is 0.179 e. The van der Waals surface area contributed by atoms with Crippen molar-refractivity contribution in [2.75, 3.05) is 0 Å². The number of ether oxygens (including phenoxy) is 1. The predicted molar refractivity (Wildman–Crippen MR) is 203 cm³/mol. The Bertz CT molecular complexity index is 2560. The van der Waals surface area contributed by atoms with Crippen LogP contribution in [-0.2, 0) is 6.61 Å². The summed E-state index contributed by atoms with van der Waals surface area (Å²) < 4.78 is 10.7. The van der Waals surface area contributed by atoms with Crippen LogP contribution in [0.2, 0.25) is 0 Å². The van der Waals surface area contributed by atoms with Crippen molar-refractivity contribution in [3.63, 3.8) is 0 Å². The van der Waals surface area contributed by atoms with Crippen LogP contribution in [0.15, 0.2) is 176 Å². The molecular formula is C44H31N3OSi. The molecule has 0 atom stereocenters. The summed E-state index contributed by atoms with van der Waals surface area (Å²) in [6.45, 7) is 0.453. The van der Waals surface area contributed by atoms with Gasteiger partial charge in [0.1, 0.15) is 12.4 Å². The van der Waals surface area contributed by atoms with E-state index in [-0.39, 0.29) is 0 Å². The molecule has 0 saturated heterocycles. The predicted octanol–water partition coefficient (Wildman–Crippen LogP) is 7.39. The molecule has 0 spiro atoms. The average molecular weight is 646 g/mol. The highest BCUT2D eigenvalue weighted by Crippen LogP contribution is 2.36. The molecule has 0 bridgehead atoms. The molecule has 0 aliphatic carbocycles. The fraction of sp³-hybridized carbons (Fsp3) is 0.0227. The molecule has 7 aromatic carbocycles. The number of imidazole rings is 1. The molecule has 0 fully saturated rings. The van der Waals surface area contributed by atoms with E-state index in [1.807, 2.05) is 12.1 Å². The normalized spacial score (nSPS) is 12.6. The SMILES string of the molecule is c1ccc([Si](c2ccccc2)(c2ccccc2)c2ccc3c(c2)c2ccccc2n3-c2ccc3c(c2)nc2n3-c3ccccc3OC2)cc1. The van der Waals surface area contributed by atoms with Crippen LogP contribution in [0.4, 0.5) is 0 Å². The van der Waals surface area contributed by atoms with Crippen molar-refractivity contribution in [2.45, 2.75) is 6.61 Å². The maximum atomic E-state index is 6.05. The van der Waals surface area contributed by atoms with Gasteiger partial charge in [0, 0.05) is 16.5 Å². The van der Waals surface area contributed by atoms with Crippen LogP contribution in [0, 0.1) is 0 Å². The smallest absolute Gasteiger partial charge is 0.179 e. The van der Waals surface area contributed by atoms with Crippen molar-refractivity contribution in [2.24, 2.45) is 0 Å². The molecule has 0 unspecified atom stereocenters. The molecule has 49 heavy (non-hydrogen) atoms. The number of hydrogen-bond acceptors (Lipinski definition) is 2. The Labute approximate surface area is 285 Å². The Morgan fingerprint density at radius 2 is 1.06 bits per heavy atom. The molecule has 9 aromatic rings. The minimum Gasteiger partial charge on any atom is -0.483 e. The van der Waals surface area contributed by atoms with E-state index in [1.54, 1.807) is 0 Å². The van der Waals surface area contributed by atoms with Gasteiger partial charge in [-0.2, -0.15) is 0 Å². The van der Waals surface area contributed by atoms with Crippen LogP contribution in [-0.4, -0.2) is 22.2 Å². The lowest BCUT2D eigenvalue weighted by molar-refractivity contribution is 0.280. The van der Waals surface area contributed by atoms with E-state index < -0.39 is 8.07 Å². The molecule has 5 heteroatoms. The maximum absolute atomic E-state index is 6.05. The first-order chi connectivity index (χ1) is 24.3. The van der Waals surface area contributed by atoms with Crippen LogP contribution in [0.1, 0.15) is 5.82 Å². The second-order valence-corrected chi connectivity index (χ2v) is 16.5. The summed E-state index contributed by atoms with van der Waals surface area (Å²) in [7, 11) is -2.68. The number of rotatable bonds is 5. The van der Waals surface area contributed by atoms with E-state index >= 15 is 0 Å². The highest BCUT2D eigenvalue weighted by atomic mass is 28.3. The first-order valence-corrected chi connectivity index (χ1v) is 18.7. The summed E-state index contributed by atoms with van der Waals surface area (Å²) in [6.07, 6.45) is 0. The number of hydrogen-bond donors (Lipinski definition) is 0. The third-order valence-corrected chi connectivity index (χ3v) is 14.9. The Morgan fingerprint density at radius 3 is 1.78 bits per heavy atom. The molecule has 0 N–H and O–H groups in total. The van der Waals surface area contributed by atoms with Gasteiger partial charge in [-0.05, 0) is 63.2 Å². The van der Waals surface area contributed by atoms with Crippen molar-refractivity contribution in [3.05, 3.63) is 182 Å². The summed E-state index contributed by atoms with van der Waals surface area (Å²) in [6, 6.07) is 64.2. The summed E-state index contributed by atoms with van der Waals surface area (Å²) in [5.74, 6) is 1.81. The Hall–Kier alpha value is -6.17. The van der Waals surface area contributed by atoms with Gasteiger partial charge in [-0.3, -0.25) is 4.57 Å². The van der Waals surface area contributed by atoms with Gasteiger partial charge in [0.15, 0.2) is 13.9 Å². The fourth-order valence-electron chi connectivity index (χ4n) is 8.08. The molecule has 1 aliphatic heterocycles. The zero-order chi connectivity index (χ0) is 32.4. The van der Waals surface area contributed by atoms with E-state index in [4.69, 9.17) is 9.72 Å². The highest BCUT2D eigenvalue weighted by Gasteiger charge is 2.41. The van der Waals surface area contributed by atoms with Gasteiger partial charge >= 0.3 is 0 Å². The molecule has 4 nitrogen and oxygen atoms in total. The number of para-hydroxylation sites is 3. The van der Waals surface area contributed by atoms with Gasteiger partial charge in [0.25, 0.3) is 0 Å². The summed E-state index contributed by atoms with van der Waals surface area (Å²) in [4.78, 5) is 5.06. The van der Waals surface area contributed by atoms with E-state index in [0.29, 0.717) is 6.61 Å². The van der Waals surface area contributed by atoms with Crippen LogP contribution < -0.4 is 25.5 Å². The Balaban J connectivity index is 1.22. The lowest BCUT2D eigenvalue weighted by Crippen LogP contribution is -2.74. The standard InChI is InChI=1S/C44H31N3OSi/c1-4-14-32(15-5-1)49(33-16-6-2-7-17-33,34-18-8-3-9-19-34)35-25-27-40-37(29-35)36-20-10-11-21-39(36)46(40)31-24-26-41-38(28-31)45-44-30-48-43-23-13-12-22-42(43)47(41)44/h1-29H,30H2. The van der Waals surface area contributed by atoms with Gasteiger partial charge < -0.3 is 9.30 Å². The second-order valence-electron chi connectivity index (χ2n) is 12.7. The number of aromatic nitrogens is 3. The van der Waals surface area contributed by atoms with Gasteiger partial charge in [-0.15, -0.1) is 0 Å². The lowest BCUT2D eigenvalue weighted by atomic mass is 10.1. The highest BCUT2D eigenvalue weighted by molar-refractivity contribution is 7.20. The number of benzene rings is 7. The van der Waals surface area contributed by atoms with Gasteiger partial charge in [0.2, 0.25) is 0 Å². The van der Waals surface area contributed by atoms with Crippen LogP contribution in [0.25, 0.3) is 44.2 Å². The average Bonchev–Trinajstić information content (AvgIpc) is 3.72. The Kier molecular flexibility index (Phi) is 6.23. The summed E-state index contributed by atoms with van der Waals surface area (Å²) >= 11 is 0. The van der Waals surface area contributed by atoms with Gasteiger partial charge in [-0.25, -0.2) is 4.98 Å². The van der Waals surface area contributed by atoms with Crippen molar-refractivity contribution in [1.82, 2.24) is 14.1 Å². The second kappa shape index (κ2) is 10.9. The van der Waals surface area contributed by atoms with Crippen molar-refractivity contribution in [3.8, 4) is 17.1 Å². The van der Waals surface area contributed by atoms with E-state index in [0.717, 1.165) is 34.0 Å². The molecule has 0 saturated carbocycles. The third kappa shape index (κ3) is 4.12. The summed E-state index contributed by atoms with van der Waals surface area (Å²) in [5, 5.41) is 7.96. The summed E-state index contributed by atoms with van der Waals surface area (Å²) in [5.41, 5.74) is 6.53. The molecule has 10 rings (SSSR count). The molecule has 232 valence electrons.